The lowest BCUT2D eigenvalue weighted by Gasteiger charge is -2.13. The van der Waals surface area contributed by atoms with Crippen LogP contribution in [0, 0.1) is 5.82 Å². The van der Waals surface area contributed by atoms with Crippen LogP contribution in [0.2, 0.25) is 0 Å². The second-order valence-electron chi connectivity index (χ2n) is 3.17. The zero-order chi connectivity index (χ0) is 10.6. The average molecular weight is 258 g/mol. The number of hydrogen-bond acceptors (Lipinski definition) is 1. The van der Waals surface area contributed by atoms with Gasteiger partial charge in [0, 0.05) is 17.1 Å². The Hall–Kier alpha value is -0.670. The molecule has 0 saturated heterocycles. The molecule has 0 amide bonds. The fraction of sp³-hybridized carbons (Fsp3) is 0.273. The minimum atomic E-state index is -0.200. The molecular formula is C11H13BrFN. The second kappa shape index (κ2) is 5.27. The Kier molecular flexibility index (Phi) is 4.29. The van der Waals surface area contributed by atoms with Crippen LogP contribution in [-0.2, 0) is 0 Å². The fourth-order valence-corrected chi connectivity index (χ4v) is 1.32. The van der Waals surface area contributed by atoms with E-state index in [-0.39, 0.29) is 11.9 Å². The first-order valence-corrected chi connectivity index (χ1v) is 5.21. The summed E-state index contributed by atoms with van der Waals surface area (Å²) in [7, 11) is 0. The molecule has 0 radical (unpaired) electrons. The summed E-state index contributed by atoms with van der Waals surface area (Å²) >= 11 is 3.26. The lowest BCUT2D eigenvalue weighted by Crippen LogP contribution is -2.19. The third-order valence-electron chi connectivity index (χ3n) is 1.95. The fourth-order valence-electron chi connectivity index (χ4n) is 1.16. The highest BCUT2D eigenvalue weighted by atomic mass is 79.9. The third-order valence-corrected chi connectivity index (χ3v) is 2.23. The van der Waals surface area contributed by atoms with Crippen LogP contribution in [-0.4, -0.2) is 6.54 Å². The predicted octanol–water partition coefficient (Wildman–Crippen LogP) is 3.38. The summed E-state index contributed by atoms with van der Waals surface area (Å²) in [4.78, 5) is 0. The van der Waals surface area contributed by atoms with Gasteiger partial charge in [0.2, 0.25) is 0 Å². The largest absolute Gasteiger partial charge is 0.306 e. The number of benzene rings is 1. The van der Waals surface area contributed by atoms with E-state index in [2.05, 4.69) is 27.8 Å². The minimum Gasteiger partial charge on any atom is -0.306 e. The molecule has 0 aromatic heterocycles. The van der Waals surface area contributed by atoms with Gasteiger partial charge in [0.15, 0.2) is 0 Å². The van der Waals surface area contributed by atoms with Gasteiger partial charge in [0.05, 0.1) is 0 Å². The molecule has 76 valence electrons. The molecule has 14 heavy (non-hydrogen) atoms. The van der Waals surface area contributed by atoms with Crippen molar-refractivity contribution in [2.75, 3.05) is 6.54 Å². The molecule has 0 bridgehead atoms. The van der Waals surface area contributed by atoms with Crippen LogP contribution in [0.5, 0.6) is 0 Å². The lowest BCUT2D eigenvalue weighted by atomic mass is 10.1. The molecule has 0 aliphatic carbocycles. The molecule has 1 aromatic carbocycles. The van der Waals surface area contributed by atoms with Crippen molar-refractivity contribution in [3.63, 3.8) is 0 Å². The van der Waals surface area contributed by atoms with Gasteiger partial charge in [-0.2, -0.15) is 0 Å². The van der Waals surface area contributed by atoms with Gasteiger partial charge in [-0.15, -0.1) is 0 Å². The monoisotopic (exact) mass is 257 g/mol. The van der Waals surface area contributed by atoms with Crippen molar-refractivity contribution in [3.8, 4) is 0 Å². The second-order valence-corrected chi connectivity index (χ2v) is 4.30. The normalized spacial score (nSPS) is 12.5. The smallest absolute Gasteiger partial charge is 0.123 e. The summed E-state index contributed by atoms with van der Waals surface area (Å²) in [6.07, 6.45) is 0. The summed E-state index contributed by atoms with van der Waals surface area (Å²) < 4.78 is 13.8. The van der Waals surface area contributed by atoms with E-state index in [0.29, 0.717) is 6.54 Å². The Morgan fingerprint density at radius 2 is 2.36 bits per heavy atom. The van der Waals surface area contributed by atoms with Gasteiger partial charge in [-0.1, -0.05) is 34.6 Å². The van der Waals surface area contributed by atoms with E-state index in [1.807, 2.05) is 13.0 Å². The molecule has 0 fully saturated rings. The van der Waals surface area contributed by atoms with E-state index >= 15 is 0 Å². The van der Waals surface area contributed by atoms with E-state index in [0.717, 1.165) is 10.0 Å². The Morgan fingerprint density at radius 1 is 1.64 bits per heavy atom. The van der Waals surface area contributed by atoms with Crippen molar-refractivity contribution in [1.82, 2.24) is 5.32 Å². The lowest BCUT2D eigenvalue weighted by molar-refractivity contribution is 0.594. The zero-order valence-corrected chi connectivity index (χ0v) is 9.64. The molecule has 1 N–H and O–H groups in total. The van der Waals surface area contributed by atoms with Crippen LogP contribution in [0.15, 0.2) is 35.3 Å². The molecule has 0 unspecified atom stereocenters. The van der Waals surface area contributed by atoms with Crippen LogP contribution >= 0.6 is 15.9 Å². The van der Waals surface area contributed by atoms with Gasteiger partial charge in [-0.05, 0) is 24.6 Å². The first-order chi connectivity index (χ1) is 6.59. The average Bonchev–Trinajstić information content (AvgIpc) is 2.14. The van der Waals surface area contributed by atoms with Gasteiger partial charge in [0.1, 0.15) is 5.82 Å². The van der Waals surface area contributed by atoms with E-state index in [9.17, 15) is 4.39 Å². The molecule has 0 aliphatic rings. The van der Waals surface area contributed by atoms with Crippen LogP contribution < -0.4 is 5.32 Å². The van der Waals surface area contributed by atoms with Crippen molar-refractivity contribution in [2.45, 2.75) is 13.0 Å². The highest BCUT2D eigenvalue weighted by Gasteiger charge is 2.04. The topological polar surface area (TPSA) is 12.0 Å². The standard InChI is InChI=1S/C11H13BrFN/c1-8(12)7-14-9(2)10-4-3-5-11(13)6-10/h3-6,9,14H,1,7H2,2H3/t9-/m0/s1. The van der Waals surface area contributed by atoms with Crippen molar-refractivity contribution in [2.24, 2.45) is 0 Å². The Bertz CT molecular complexity index is 325. The van der Waals surface area contributed by atoms with Crippen LogP contribution in [0.25, 0.3) is 0 Å². The maximum Gasteiger partial charge on any atom is 0.123 e. The highest BCUT2D eigenvalue weighted by Crippen LogP contribution is 2.13. The van der Waals surface area contributed by atoms with Gasteiger partial charge in [0.25, 0.3) is 0 Å². The molecule has 0 spiro atoms. The molecule has 1 nitrogen and oxygen atoms in total. The van der Waals surface area contributed by atoms with E-state index in [1.54, 1.807) is 6.07 Å². The first-order valence-electron chi connectivity index (χ1n) is 4.41. The van der Waals surface area contributed by atoms with Gasteiger partial charge in [-0.25, -0.2) is 4.39 Å². The van der Waals surface area contributed by atoms with Crippen molar-refractivity contribution in [3.05, 3.63) is 46.7 Å². The maximum absolute atomic E-state index is 12.9. The maximum atomic E-state index is 12.9. The molecule has 0 heterocycles. The Labute approximate surface area is 92.1 Å². The van der Waals surface area contributed by atoms with Crippen molar-refractivity contribution < 1.29 is 4.39 Å². The van der Waals surface area contributed by atoms with Gasteiger partial charge < -0.3 is 5.32 Å². The molecule has 1 aromatic rings. The highest BCUT2D eigenvalue weighted by molar-refractivity contribution is 9.11. The first kappa shape index (κ1) is 11.4. The van der Waals surface area contributed by atoms with Crippen molar-refractivity contribution in [1.29, 1.82) is 0 Å². The summed E-state index contributed by atoms with van der Waals surface area (Å²) in [6.45, 7) is 6.39. The predicted molar refractivity (Wildman–Crippen MR) is 60.9 cm³/mol. The Morgan fingerprint density at radius 3 is 2.93 bits per heavy atom. The summed E-state index contributed by atoms with van der Waals surface area (Å²) in [5.74, 6) is -0.200. The number of rotatable bonds is 4. The number of nitrogens with one attached hydrogen (secondary N) is 1. The SMILES string of the molecule is C=C(Br)CN[C@@H](C)c1cccc(F)c1. The van der Waals surface area contributed by atoms with E-state index in [1.165, 1.54) is 12.1 Å². The van der Waals surface area contributed by atoms with Crippen LogP contribution in [0.4, 0.5) is 4.39 Å². The van der Waals surface area contributed by atoms with Crippen LogP contribution in [0.1, 0.15) is 18.5 Å². The zero-order valence-electron chi connectivity index (χ0n) is 8.06. The van der Waals surface area contributed by atoms with Gasteiger partial charge >= 0.3 is 0 Å². The molecule has 0 aliphatic heterocycles. The number of hydrogen-bond donors (Lipinski definition) is 1. The summed E-state index contributed by atoms with van der Waals surface area (Å²) in [5, 5.41) is 3.21. The Balaban J connectivity index is 2.60. The molecule has 1 rings (SSSR count). The summed E-state index contributed by atoms with van der Waals surface area (Å²) in [6, 6.07) is 6.72. The van der Waals surface area contributed by atoms with Crippen molar-refractivity contribution >= 4 is 15.9 Å². The molecule has 1 atom stereocenters. The number of halogens is 2. The van der Waals surface area contributed by atoms with Crippen LogP contribution in [0.3, 0.4) is 0 Å². The van der Waals surface area contributed by atoms with Gasteiger partial charge in [-0.3, -0.25) is 0 Å². The molecule has 0 saturated carbocycles. The summed E-state index contributed by atoms with van der Waals surface area (Å²) in [5.41, 5.74) is 0.943. The minimum absolute atomic E-state index is 0.125. The third kappa shape index (κ3) is 3.60. The van der Waals surface area contributed by atoms with E-state index < -0.39 is 0 Å². The van der Waals surface area contributed by atoms with E-state index in [4.69, 9.17) is 0 Å². The molecular weight excluding hydrogens is 245 g/mol. The molecule has 3 heteroatoms. The quantitative estimate of drug-likeness (QED) is 0.872.